The molecule has 0 aliphatic heterocycles. The first-order chi connectivity index (χ1) is 6.69. The van der Waals surface area contributed by atoms with Crippen LogP contribution >= 0.6 is 0 Å². The van der Waals surface area contributed by atoms with Crippen molar-refractivity contribution >= 4 is 0 Å². The molecule has 1 aromatic carbocycles. The zero-order chi connectivity index (χ0) is 10.6. The summed E-state index contributed by atoms with van der Waals surface area (Å²) in [5.41, 5.74) is 3.92. The van der Waals surface area contributed by atoms with Crippen molar-refractivity contribution in [2.45, 2.75) is 19.9 Å². The average Bonchev–Trinajstić information content (AvgIpc) is 2.20. The number of phenolic OH excluding ortho intramolecular Hbond substituents is 1. The molecule has 78 valence electrons. The number of benzene rings is 1. The van der Waals surface area contributed by atoms with Crippen molar-refractivity contribution in [1.29, 1.82) is 0 Å². The molecule has 0 saturated heterocycles. The summed E-state index contributed by atoms with van der Waals surface area (Å²) in [6, 6.07) is 3.09. The molecule has 0 aliphatic carbocycles. The molecule has 14 heavy (non-hydrogen) atoms. The summed E-state index contributed by atoms with van der Waals surface area (Å²) in [7, 11) is 1.47. The number of aromatic hydroxyl groups is 1. The fraction of sp³-hybridized carbons (Fsp3) is 0.400. The minimum absolute atomic E-state index is 0.285. The predicted molar refractivity (Wildman–Crippen MR) is 51.3 cm³/mol. The fourth-order valence-corrected chi connectivity index (χ4v) is 1.21. The van der Waals surface area contributed by atoms with Crippen LogP contribution in [0.5, 0.6) is 5.75 Å². The Hall–Kier alpha value is -1.13. The van der Waals surface area contributed by atoms with Crippen LogP contribution in [0, 0.1) is 5.82 Å². The third kappa shape index (κ3) is 2.43. The lowest BCUT2D eigenvalue weighted by molar-refractivity contribution is 0.0860. The monoisotopic (exact) mass is 199 g/mol. The van der Waals surface area contributed by atoms with Gasteiger partial charge in [-0.2, -0.15) is 5.48 Å². The summed E-state index contributed by atoms with van der Waals surface area (Å²) in [6.45, 7) is 2.21. The van der Waals surface area contributed by atoms with Crippen LogP contribution in [-0.4, -0.2) is 12.2 Å². The highest BCUT2D eigenvalue weighted by Crippen LogP contribution is 2.23. The summed E-state index contributed by atoms with van der Waals surface area (Å²) in [5, 5.41) is 9.37. The van der Waals surface area contributed by atoms with E-state index in [1.165, 1.54) is 13.2 Å². The second kappa shape index (κ2) is 4.93. The summed E-state index contributed by atoms with van der Waals surface area (Å²) in [5.74, 6) is -0.899. The fourth-order valence-electron chi connectivity index (χ4n) is 1.21. The Morgan fingerprint density at radius 2 is 2.21 bits per heavy atom. The number of aryl methyl sites for hydroxylation is 1. The van der Waals surface area contributed by atoms with E-state index in [-0.39, 0.29) is 12.3 Å². The van der Waals surface area contributed by atoms with Crippen molar-refractivity contribution in [3.05, 3.63) is 29.1 Å². The van der Waals surface area contributed by atoms with E-state index < -0.39 is 5.82 Å². The van der Waals surface area contributed by atoms with Gasteiger partial charge in [0.1, 0.15) is 0 Å². The Morgan fingerprint density at radius 1 is 1.50 bits per heavy atom. The normalized spacial score (nSPS) is 10.5. The van der Waals surface area contributed by atoms with Gasteiger partial charge in [-0.15, -0.1) is 0 Å². The maximum Gasteiger partial charge on any atom is 0.165 e. The Kier molecular flexibility index (Phi) is 3.85. The first-order valence-electron chi connectivity index (χ1n) is 4.45. The molecule has 1 rings (SSSR count). The van der Waals surface area contributed by atoms with Crippen molar-refractivity contribution in [2.75, 3.05) is 7.11 Å². The predicted octanol–water partition coefficient (Wildman–Crippen LogP) is 1.74. The number of halogens is 1. The van der Waals surface area contributed by atoms with E-state index in [0.717, 1.165) is 12.0 Å². The van der Waals surface area contributed by atoms with Gasteiger partial charge in [0.2, 0.25) is 0 Å². The van der Waals surface area contributed by atoms with E-state index in [0.29, 0.717) is 5.56 Å². The Morgan fingerprint density at radius 3 is 2.79 bits per heavy atom. The largest absolute Gasteiger partial charge is 0.505 e. The van der Waals surface area contributed by atoms with Crippen LogP contribution in [-0.2, 0) is 17.8 Å². The summed E-state index contributed by atoms with van der Waals surface area (Å²) >= 11 is 0. The highest BCUT2D eigenvalue weighted by molar-refractivity contribution is 5.37. The average molecular weight is 199 g/mol. The molecule has 0 spiro atoms. The molecule has 2 N–H and O–H groups in total. The van der Waals surface area contributed by atoms with E-state index in [2.05, 4.69) is 10.3 Å². The van der Waals surface area contributed by atoms with E-state index >= 15 is 0 Å². The van der Waals surface area contributed by atoms with Crippen LogP contribution in [0.4, 0.5) is 4.39 Å². The molecule has 0 radical (unpaired) electrons. The van der Waals surface area contributed by atoms with Gasteiger partial charge < -0.3 is 9.94 Å². The number of hydroxylamine groups is 1. The lowest BCUT2D eigenvalue weighted by Crippen LogP contribution is -2.11. The molecule has 0 saturated carbocycles. The molecule has 0 atom stereocenters. The lowest BCUT2D eigenvalue weighted by Gasteiger charge is -2.08. The minimum atomic E-state index is -0.586. The Labute approximate surface area is 82.5 Å². The third-order valence-electron chi connectivity index (χ3n) is 2.02. The highest BCUT2D eigenvalue weighted by Gasteiger charge is 2.08. The van der Waals surface area contributed by atoms with Crippen LogP contribution in [0.25, 0.3) is 0 Å². The molecule has 0 bridgehead atoms. The molecule has 4 heteroatoms. The molecule has 0 amide bonds. The van der Waals surface area contributed by atoms with Crippen molar-refractivity contribution < 1.29 is 14.3 Å². The molecular formula is C10H14FNO2. The first-order valence-corrected chi connectivity index (χ1v) is 4.45. The zero-order valence-corrected chi connectivity index (χ0v) is 8.30. The van der Waals surface area contributed by atoms with Gasteiger partial charge in [0.25, 0.3) is 0 Å². The standard InChI is InChI=1S/C10H14FNO2/c1-3-7-4-8(6-12-14-2)10(13)9(11)5-7/h4-5,12-13H,3,6H2,1-2H3. The van der Waals surface area contributed by atoms with E-state index in [1.807, 2.05) is 6.92 Å². The molecule has 0 unspecified atom stereocenters. The van der Waals surface area contributed by atoms with Crippen LogP contribution in [0.15, 0.2) is 12.1 Å². The summed E-state index contributed by atoms with van der Waals surface area (Å²) in [6.07, 6.45) is 0.733. The van der Waals surface area contributed by atoms with E-state index in [1.54, 1.807) is 6.07 Å². The number of phenols is 1. The van der Waals surface area contributed by atoms with Gasteiger partial charge in [-0.1, -0.05) is 13.0 Å². The van der Waals surface area contributed by atoms with Gasteiger partial charge in [0.15, 0.2) is 11.6 Å². The summed E-state index contributed by atoms with van der Waals surface area (Å²) < 4.78 is 13.1. The Balaban J connectivity index is 2.95. The van der Waals surface area contributed by atoms with Crippen molar-refractivity contribution in [1.82, 2.24) is 5.48 Å². The summed E-state index contributed by atoms with van der Waals surface area (Å²) in [4.78, 5) is 4.63. The molecule has 0 heterocycles. The number of hydrogen-bond donors (Lipinski definition) is 2. The van der Waals surface area contributed by atoms with Gasteiger partial charge in [-0.05, 0) is 18.1 Å². The number of hydrogen-bond acceptors (Lipinski definition) is 3. The van der Waals surface area contributed by atoms with Crippen molar-refractivity contribution in [3.63, 3.8) is 0 Å². The zero-order valence-electron chi connectivity index (χ0n) is 8.30. The van der Waals surface area contributed by atoms with Gasteiger partial charge in [0.05, 0.1) is 7.11 Å². The van der Waals surface area contributed by atoms with Crippen LogP contribution < -0.4 is 5.48 Å². The van der Waals surface area contributed by atoms with E-state index in [4.69, 9.17) is 0 Å². The molecule has 1 aromatic rings. The number of nitrogens with one attached hydrogen (secondary N) is 1. The van der Waals surface area contributed by atoms with Crippen molar-refractivity contribution in [3.8, 4) is 5.75 Å². The van der Waals surface area contributed by atoms with Crippen LogP contribution in [0.2, 0.25) is 0 Å². The first kappa shape index (κ1) is 10.9. The van der Waals surface area contributed by atoms with Gasteiger partial charge in [-0.3, -0.25) is 0 Å². The SMILES string of the molecule is CCc1cc(F)c(O)c(CNOC)c1. The highest BCUT2D eigenvalue weighted by atomic mass is 19.1. The Bertz CT molecular complexity index is 315. The second-order valence-corrected chi connectivity index (χ2v) is 2.96. The lowest BCUT2D eigenvalue weighted by atomic mass is 10.1. The smallest absolute Gasteiger partial charge is 0.165 e. The van der Waals surface area contributed by atoms with E-state index in [9.17, 15) is 9.50 Å². The van der Waals surface area contributed by atoms with Crippen LogP contribution in [0.1, 0.15) is 18.1 Å². The topological polar surface area (TPSA) is 41.5 Å². The van der Waals surface area contributed by atoms with Gasteiger partial charge >= 0.3 is 0 Å². The molecule has 0 fully saturated rings. The molecule has 3 nitrogen and oxygen atoms in total. The number of rotatable bonds is 4. The van der Waals surface area contributed by atoms with Gasteiger partial charge in [-0.25, -0.2) is 4.39 Å². The third-order valence-corrected chi connectivity index (χ3v) is 2.02. The molecule has 0 aromatic heterocycles. The maximum atomic E-state index is 13.1. The second-order valence-electron chi connectivity index (χ2n) is 2.96. The minimum Gasteiger partial charge on any atom is -0.505 e. The van der Waals surface area contributed by atoms with Crippen molar-refractivity contribution in [2.24, 2.45) is 0 Å². The molecule has 0 aliphatic rings. The maximum absolute atomic E-state index is 13.1. The van der Waals surface area contributed by atoms with Crippen LogP contribution in [0.3, 0.4) is 0 Å². The van der Waals surface area contributed by atoms with Gasteiger partial charge in [0, 0.05) is 12.1 Å². The molecular weight excluding hydrogens is 185 g/mol. The quantitative estimate of drug-likeness (QED) is 0.726.